The highest BCUT2D eigenvalue weighted by Gasteiger charge is 2.04. The van der Waals surface area contributed by atoms with Gasteiger partial charge in [-0.2, -0.15) is 5.26 Å². The van der Waals surface area contributed by atoms with Gasteiger partial charge in [0.15, 0.2) is 0 Å². The molecule has 0 aromatic rings. The van der Waals surface area contributed by atoms with Gasteiger partial charge in [-0.3, -0.25) is 0 Å². The molecule has 0 amide bonds. The molecule has 0 spiro atoms. The monoisotopic (exact) mass is 238 g/mol. The van der Waals surface area contributed by atoms with Crippen molar-refractivity contribution in [3.8, 4) is 6.19 Å². The average molecular weight is 238 g/mol. The molecule has 0 saturated carbocycles. The number of methoxy groups -OCH3 is 1. The molecular formula is C12H22N4O. The van der Waals surface area contributed by atoms with Crippen LogP contribution in [0.3, 0.4) is 0 Å². The molecule has 0 fully saturated rings. The van der Waals surface area contributed by atoms with Gasteiger partial charge >= 0.3 is 0 Å². The second-order valence-electron chi connectivity index (χ2n) is 4.00. The summed E-state index contributed by atoms with van der Waals surface area (Å²) in [6.45, 7) is 6.19. The van der Waals surface area contributed by atoms with E-state index in [-0.39, 0.29) is 0 Å². The topological polar surface area (TPSA) is 60.6 Å². The zero-order valence-corrected chi connectivity index (χ0v) is 11.1. The van der Waals surface area contributed by atoms with Crippen LogP contribution in [-0.4, -0.2) is 44.7 Å². The molecule has 0 bridgehead atoms. The van der Waals surface area contributed by atoms with Crippen molar-refractivity contribution in [3.05, 3.63) is 12.2 Å². The van der Waals surface area contributed by atoms with Crippen molar-refractivity contribution in [2.45, 2.75) is 13.8 Å². The van der Waals surface area contributed by atoms with Gasteiger partial charge in [0.1, 0.15) is 0 Å². The van der Waals surface area contributed by atoms with Crippen LogP contribution in [0.2, 0.25) is 0 Å². The molecule has 5 nitrogen and oxygen atoms in total. The van der Waals surface area contributed by atoms with Gasteiger partial charge in [0.2, 0.25) is 12.2 Å². The van der Waals surface area contributed by atoms with E-state index in [9.17, 15) is 0 Å². The van der Waals surface area contributed by atoms with Gasteiger partial charge in [0, 0.05) is 27.2 Å². The second-order valence-corrected chi connectivity index (χ2v) is 4.00. The van der Waals surface area contributed by atoms with Gasteiger partial charge in [-0.1, -0.05) is 26.0 Å². The number of hydrogen-bond donors (Lipinski definition) is 1. The van der Waals surface area contributed by atoms with E-state index in [1.807, 2.05) is 18.0 Å². The minimum absolute atomic E-state index is 0.527. The largest absolute Gasteiger partial charge is 0.383 e. The maximum Gasteiger partial charge on any atom is 0.209 e. The highest BCUT2D eigenvalue weighted by Crippen LogP contribution is 1.92. The molecule has 0 radical (unpaired) electrons. The van der Waals surface area contributed by atoms with E-state index in [1.54, 1.807) is 13.3 Å². The lowest BCUT2D eigenvalue weighted by atomic mass is 10.2. The normalized spacial score (nSPS) is 11.9. The highest BCUT2D eigenvalue weighted by molar-refractivity contribution is 5.80. The van der Waals surface area contributed by atoms with Crippen molar-refractivity contribution < 1.29 is 4.74 Å². The lowest BCUT2D eigenvalue weighted by Crippen LogP contribution is -2.40. The smallest absolute Gasteiger partial charge is 0.209 e. The number of nitriles is 1. The minimum atomic E-state index is 0.527. The fraction of sp³-hybridized carbons (Fsp3) is 0.667. The quantitative estimate of drug-likeness (QED) is 0.327. The van der Waals surface area contributed by atoms with Crippen LogP contribution in [0.5, 0.6) is 0 Å². The maximum absolute atomic E-state index is 8.60. The number of nitrogens with zero attached hydrogens (tertiary/aromatic N) is 3. The molecule has 5 heteroatoms. The number of allylic oxidation sites excluding steroid dienone is 1. The molecule has 0 aliphatic heterocycles. The van der Waals surface area contributed by atoms with E-state index in [1.165, 1.54) is 0 Å². The lowest BCUT2D eigenvalue weighted by Gasteiger charge is -2.20. The number of likely N-dealkylation sites (N-methyl/N-ethyl adjacent to an activating group) is 1. The zero-order valence-electron chi connectivity index (χ0n) is 11.1. The lowest BCUT2D eigenvalue weighted by molar-refractivity contribution is 0.182. The third-order valence-electron chi connectivity index (χ3n) is 2.05. The minimum Gasteiger partial charge on any atom is -0.383 e. The predicted octanol–water partition coefficient (Wildman–Crippen LogP) is 1.20. The summed E-state index contributed by atoms with van der Waals surface area (Å²) in [5.74, 6) is 1.09. The van der Waals surface area contributed by atoms with Crippen molar-refractivity contribution in [2.24, 2.45) is 10.9 Å². The second kappa shape index (κ2) is 9.67. The SMILES string of the molecule is COCCN(C)/C(=N/C#N)NC/C=C/C(C)C. The molecule has 96 valence electrons. The van der Waals surface area contributed by atoms with E-state index in [2.05, 4.69) is 30.2 Å². The summed E-state index contributed by atoms with van der Waals surface area (Å²) in [7, 11) is 3.52. The summed E-state index contributed by atoms with van der Waals surface area (Å²) in [6, 6.07) is 0. The Labute approximate surface area is 104 Å². The number of aliphatic imine (C=N–C) groups is 1. The molecule has 17 heavy (non-hydrogen) atoms. The van der Waals surface area contributed by atoms with Crippen molar-refractivity contribution >= 4 is 5.96 Å². The standard InChI is InChI=1S/C12H22N4O/c1-11(2)6-5-7-14-12(15-10-13)16(3)8-9-17-4/h5-6,11H,7-9H2,1-4H3,(H,14,15)/b6-5+. The molecule has 1 N–H and O–H groups in total. The zero-order chi connectivity index (χ0) is 13.1. The van der Waals surface area contributed by atoms with E-state index in [0.29, 0.717) is 31.6 Å². The average Bonchev–Trinajstić information content (AvgIpc) is 2.29. The molecule has 0 aromatic heterocycles. The Balaban J connectivity index is 4.17. The Kier molecular flexibility index (Phi) is 8.79. The van der Waals surface area contributed by atoms with Crippen LogP contribution in [0.4, 0.5) is 0 Å². The summed E-state index contributed by atoms with van der Waals surface area (Å²) in [5, 5.41) is 11.7. The first-order chi connectivity index (χ1) is 8.11. The van der Waals surface area contributed by atoms with Gasteiger partial charge in [-0.15, -0.1) is 4.99 Å². The van der Waals surface area contributed by atoms with Crippen LogP contribution < -0.4 is 5.32 Å². The van der Waals surface area contributed by atoms with E-state index in [0.717, 1.165) is 0 Å². The van der Waals surface area contributed by atoms with E-state index in [4.69, 9.17) is 10.00 Å². The Morgan fingerprint density at radius 3 is 2.82 bits per heavy atom. The van der Waals surface area contributed by atoms with Crippen LogP contribution in [0.15, 0.2) is 17.1 Å². The van der Waals surface area contributed by atoms with Crippen LogP contribution in [-0.2, 0) is 4.74 Å². The van der Waals surface area contributed by atoms with Gasteiger partial charge in [-0.25, -0.2) is 0 Å². The number of hydrogen-bond acceptors (Lipinski definition) is 3. The fourth-order valence-corrected chi connectivity index (χ4v) is 1.13. The van der Waals surface area contributed by atoms with Crippen LogP contribution in [0, 0.1) is 17.4 Å². The van der Waals surface area contributed by atoms with Gasteiger partial charge in [0.25, 0.3) is 0 Å². The van der Waals surface area contributed by atoms with Crippen molar-refractivity contribution in [3.63, 3.8) is 0 Å². The first kappa shape index (κ1) is 15.5. The first-order valence-corrected chi connectivity index (χ1v) is 5.69. The predicted molar refractivity (Wildman–Crippen MR) is 69.5 cm³/mol. The summed E-state index contributed by atoms with van der Waals surface area (Å²) < 4.78 is 4.98. The molecular weight excluding hydrogens is 216 g/mol. The van der Waals surface area contributed by atoms with Crippen molar-refractivity contribution in [1.82, 2.24) is 10.2 Å². The number of nitrogens with one attached hydrogen (secondary N) is 1. The highest BCUT2D eigenvalue weighted by atomic mass is 16.5. The Bertz CT molecular complexity index is 291. The van der Waals surface area contributed by atoms with Crippen molar-refractivity contribution in [2.75, 3.05) is 33.9 Å². The number of guanidine groups is 1. The first-order valence-electron chi connectivity index (χ1n) is 5.69. The summed E-state index contributed by atoms with van der Waals surface area (Å²) >= 11 is 0. The van der Waals surface area contributed by atoms with Crippen LogP contribution in [0.1, 0.15) is 13.8 Å². The fourth-order valence-electron chi connectivity index (χ4n) is 1.13. The molecule has 0 heterocycles. The molecule has 0 saturated heterocycles. The van der Waals surface area contributed by atoms with E-state index < -0.39 is 0 Å². The number of rotatable bonds is 6. The van der Waals surface area contributed by atoms with E-state index >= 15 is 0 Å². The van der Waals surface area contributed by atoms with Gasteiger partial charge in [-0.05, 0) is 5.92 Å². The Morgan fingerprint density at radius 1 is 1.59 bits per heavy atom. The summed E-state index contributed by atoms with van der Waals surface area (Å²) in [4.78, 5) is 5.60. The Hall–Kier alpha value is -1.54. The van der Waals surface area contributed by atoms with Gasteiger partial charge < -0.3 is 15.0 Å². The molecule has 0 aliphatic rings. The molecule has 0 unspecified atom stereocenters. The van der Waals surface area contributed by atoms with Crippen LogP contribution >= 0.6 is 0 Å². The molecule has 0 aliphatic carbocycles. The molecule has 0 rings (SSSR count). The Morgan fingerprint density at radius 2 is 2.29 bits per heavy atom. The van der Waals surface area contributed by atoms with Crippen LogP contribution in [0.25, 0.3) is 0 Å². The van der Waals surface area contributed by atoms with Gasteiger partial charge in [0.05, 0.1) is 6.61 Å². The molecule has 0 aromatic carbocycles. The third kappa shape index (κ3) is 8.29. The summed E-state index contributed by atoms with van der Waals surface area (Å²) in [5.41, 5.74) is 0. The third-order valence-corrected chi connectivity index (χ3v) is 2.05. The maximum atomic E-state index is 8.60. The number of ether oxygens (including phenoxy) is 1. The summed E-state index contributed by atoms with van der Waals surface area (Å²) in [6.07, 6.45) is 5.93. The van der Waals surface area contributed by atoms with Crippen molar-refractivity contribution in [1.29, 1.82) is 5.26 Å². The molecule has 0 atom stereocenters.